The van der Waals surface area contributed by atoms with E-state index >= 15 is 0 Å². The highest BCUT2D eigenvalue weighted by atomic mass is 16.5. The molecule has 2 N–H and O–H groups in total. The number of rotatable bonds is 6. The van der Waals surface area contributed by atoms with Crippen molar-refractivity contribution in [3.05, 3.63) is 83.3 Å². The van der Waals surface area contributed by atoms with Gasteiger partial charge in [0.15, 0.2) is 0 Å². The van der Waals surface area contributed by atoms with E-state index in [2.05, 4.69) is 22.8 Å². The lowest BCUT2D eigenvalue weighted by atomic mass is 10.0. The number of carbonyl (C=O) groups is 2. The minimum Gasteiger partial charge on any atom is -0.465 e. The Kier molecular flexibility index (Phi) is 6.34. The number of nitrogens with one attached hydrogen (secondary N) is 2. The van der Waals surface area contributed by atoms with Gasteiger partial charge in [-0.3, -0.25) is 0 Å². The Morgan fingerprint density at radius 1 is 1.03 bits per heavy atom. The lowest BCUT2D eigenvalue weighted by Crippen LogP contribution is -2.36. The Labute approximate surface area is 169 Å². The largest absolute Gasteiger partial charge is 0.465 e. The van der Waals surface area contributed by atoms with E-state index in [0.717, 1.165) is 16.7 Å². The summed E-state index contributed by atoms with van der Waals surface area (Å²) in [6, 6.07) is 19.3. The first kappa shape index (κ1) is 20.2. The van der Waals surface area contributed by atoms with Crippen LogP contribution in [0.5, 0.6) is 0 Å². The van der Waals surface area contributed by atoms with Crippen LogP contribution in [-0.2, 0) is 11.3 Å². The van der Waals surface area contributed by atoms with E-state index in [-0.39, 0.29) is 18.6 Å². The molecule has 3 aromatic rings. The number of methoxy groups -OCH3 is 1. The molecule has 0 aliphatic rings. The number of ether oxygens (including phenoxy) is 1. The maximum absolute atomic E-state index is 12.2. The lowest BCUT2D eigenvalue weighted by molar-refractivity contribution is 0.0598. The molecule has 1 atom stereocenters. The van der Waals surface area contributed by atoms with Crippen molar-refractivity contribution < 1.29 is 18.7 Å². The monoisotopic (exact) mass is 392 g/mol. The summed E-state index contributed by atoms with van der Waals surface area (Å²) < 4.78 is 10.2. The van der Waals surface area contributed by atoms with Gasteiger partial charge in [0.2, 0.25) is 0 Å². The fourth-order valence-electron chi connectivity index (χ4n) is 3.04. The molecule has 0 saturated heterocycles. The van der Waals surface area contributed by atoms with Crippen LogP contribution in [0.2, 0.25) is 0 Å². The molecule has 0 bridgehead atoms. The number of aryl methyl sites for hydroxylation is 1. The van der Waals surface area contributed by atoms with Gasteiger partial charge in [-0.1, -0.05) is 54.6 Å². The molecule has 6 nitrogen and oxygen atoms in total. The molecule has 0 radical (unpaired) electrons. The van der Waals surface area contributed by atoms with E-state index in [1.165, 1.54) is 7.11 Å². The summed E-state index contributed by atoms with van der Waals surface area (Å²) in [6.07, 6.45) is 0. The number of hydrogen-bond donors (Lipinski definition) is 2. The lowest BCUT2D eigenvalue weighted by Gasteiger charge is -2.15. The third-order valence-electron chi connectivity index (χ3n) is 4.66. The molecule has 0 aliphatic carbocycles. The number of amides is 2. The highest BCUT2D eigenvalue weighted by molar-refractivity contribution is 5.90. The van der Waals surface area contributed by atoms with Gasteiger partial charge in [-0.2, -0.15) is 0 Å². The highest BCUT2D eigenvalue weighted by Gasteiger charge is 2.16. The van der Waals surface area contributed by atoms with Crippen molar-refractivity contribution in [1.29, 1.82) is 0 Å². The number of benzene rings is 2. The van der Waals surface area contributed by atoms with Gasteiger partial charge >= 0.3 is 12.0 Å². The first-order valence-electron chi connectivity index (χ1n) is 9.35. The van der Waals surface area contributed by atoms with Crippen molar-refractivity contribution in [2.45, 2.75) is 26.4 Å². The van der Waals surface area contributed by atoms with Crippen molar-refractivity contribution in [2.24, 2.45) is 0 Å². The Hall–Kier alpha value is -3.54. The van der Waals surface area contributed by atoms with E-state index in [9.17, 15) is 9.59 Å². The molecule has 0 spiro atoms. The number of furan rings is 1. The van der Waals surface area contributed by atoms with Crippen LogP contribution in [0.3, 0.4) is 0 Å². The summed E-state index contributed by atoms with van der Waals surface area (Å²) in [5.41, 5.74) is 3.64. The van der Waals surface area contributed by atoms with Crippen LogP contribution in [0.25, 0.3) is 11.1 Å². The molecular weight excluding hydrogens is 368 g/mol. The van der Waals surface area contributed by atoms with Crippen molar-refractivity contribution >= 4 is 12.0 Å². The molecule has 29 heavy (non-hydrogen) atoms. The van der Waals surface area contributed by atoms with Crippen molar-refractivity contribution in [2.75, 3.05) is 7.11 Å². The minimum absolute atomic E-state index is 0.163. The zero-order valence-corrected chi connectivity index (χ0v) is 16.7. The highest BCUT2D eigenvalue weighted by Crippen LogP contribution is 2.21. The number of hydrogen-bond acceptors (Lipinski definition) is 4. The van der Waals surface area contributed by atoms with Gasteiger partial charge in [0, 0.05) is 0 Å². The fraction of sp³-hybridized carbons (Fsp3) is 0.217. The smallest absolute Gasteiger partial charge is 0.341 e. The molecule has 6 heteroatoms. The normalized spacial score (nSPS) is 11.6. The van der Waals surface area contributed by atoms with Crippen molar-refractivity contribution in [3.63, 3.8) is 0 Å². The Balaban J connectivity index is 1.55. The second kappa shape index (κ2) is 9.10. The van der Waals surface area contributed by atoms with Crippen molar-refractivity contribution in [1.82, 2.24) is 10.6 Å². The average molecular weight is 392 g/mol. The molecule has 1 aromatic heterocycles. The maximum atomic E-state index is 12.2. The third-order valence-corrected chi connectivity index (χ3v) is 4.66. The van der Waals surface area contributed by atoms with Crippen LogP contribution in [0.4, 0.5) is 4.79 Å². The number of esters is 1. The van der Waals surface area contributed by atoms with Crippen LogP contribution >= 0.6 is 0 Å². The SMILES string of the molecule is COC(=O)c1cc(CNC(=O)NC(C)c2ccc(-c3ccccc3)cc2)oc1C. The molecule has 3 rings (SSSR count). The van der Waals surface area contributed by atoms with Gasteiger partial charge in [0.1, 0.15) is 17.1 Å². The summed E-state index contributed by atoms with van der Waals surface area (Å²) >= 11 is 0. The molecular formula is C23H24N2O4. The molecule has 2 amide bonds. The zero-order valence-electron chi connectivity index (χ0n) is 16.7. The van der Waals surface area contributed by atoms with E-state index < -0.39 is 5.97 Å². The van der Waals surface area contributed by atoms with Crippen LogP contribution in [-0.4, -0.2) is 19.1 Å². The number of carbonyl (C=O) groups excluding carboxylic acids is 2. The fourth-order valence-corrected chi connectivity index (χ4v) is 3.04. The Morgan fingerprint density at radius 3 is 2.34 bits per heavy atom. The summed E-state index contributed by atoms with van der Waals surface area (Å²) in [4.78, 5) is 23.8. The molecule has 0 fully saturated rings. The van der Waals surface area contributed by atoms with Gasteiger partial charge in [0.05, 0.1) is 19.7 Å². The van der Waals surface area contributed by atoms with Gasteiger partial charge in [-0.05, 0) is 36.6 Å². The molecule has 0 aliphatic heterocycles. The number of urea groups is 1. The van der Waals surface area contributed by atoms with Gasteiger partial charge in [0.25, 0.3) is 0 Å². The molecule has 1 heterocycles. The summed E-state index contributed by atoms with van der Waals surface area (Å²) in [7, 11) is 1.31. The van der Waals surface area contributed by atoms with E-state index in [1.54, 1.807) is 13.0 Å². The predicted octanol–water partition coefficient (Wildman–Crippen LogP) is 4.60. The maximum Gasteiger partial charge on any atom is 0.341 e. The second-order valence-electron chi connectivity index (χ2n) is 6.71. The van der Waals surface area contributed by atoms with Crippen LogP contribution in [0.15, 0.2) is 65.1 Å². The summed E-state index contributed by atoms with van der Waals surface area (Å²) in [5.74, 6) is 0.480. The second-order valence-corrected chi connectivity index (χ2v) is 6.71. The Morgan fingerprint density at radius 2 is 1.69 bits per heavy atom. The van der Waals surface area contributed by atoms with Gasteiger partial charge in [-0.25, -0.2) is 9.59 Å². The minimum atomic E-state index is -0.463. The van der Waals surface area contributed by atoms with Gasteiger partial charge < -0.3 is 19.8 Å². The quantitative estimate of drug-likeness (QED) is 0.601. The van der Waals surface area contributed by atoms with E-state index in [4.69, 9.17) is 9.15 Å². The summed E-state index contributed by atoms with van der Waals surface area (Å²) in [6.45, 7) is 3.77. The van der Waals surface area contributed by atoms with Crippen LogP contribution < -0.4 is 10.6 Å². The Bertz CT molecular complexity index is 978. The zero-order chi connectivity index (χ0) is 20.8. The van der Waals surface area contributed by atoms with E-state index in [1.807, 2.05) is 49.4 Å². The molecule has 1 unspecified atom stereocenters. The topological polar surface area (TPSA) is 80.6 Å². The first-order chi connectivity index (χ1) is 14.0. The molecule has 150 valence electrons. The van der Waals surface area contributed by atoms with Crippen LogP contribution in [0.1, 0.15) is 40.4 Å². The summed E-state index contributed by atoms with van der Waals surface area (Å²) in [5, 5.41) is 5.64. The average Bonchev–Trinajstić information content (AvgIpc) is 3.13. The predicted molar refractivity (Wildman–Crippen MR) is 110 cm³/mol. The standard InChI is InChI=1S/C23H24N2O4/c1-15(17-9-11-19(12-10-17)18-7-5-4-6-8-18)25-23(27)24-14-20-13-21(16(2)29-20)22(26)28-3/h4-13,15H,14H2,1-3H3,(H2,24,25,27). The van der Waals surface area contributed by atoms with E-state index in [0.29, 0.717) is 17.1 Å². The molecule has 2 aromatic carbocycles. The van der Waals surface area contributed by atoms with Crippen molar-refractivity contribution in [3.8, 4) is 11.1 Å². The molecule has 0 saturated carbocycles. The first-order valence-corrected chi connectivity index (χ1v) is 9.35. The van der Waals surface area contributed by atoms with Crippen LogP contribution in [0, 0.1) is 6.92 Å². The van der Waals surface area contributed by atoms with Gasteiger partial charge in [-0.15, -0.1) is 0 Å². The third kappa shape index (κ3) is 5.04.